The highest BCUT2D eigenvalue weighted by Crippen LogP contribution is 2.28. The molecule has 0 amide bonds. The van der Waals surface area contributed by atoms with Gasteiger partial charge in [-0.25, -0.2) is 0 Å². The van der Waals surface area contributed by atoms with Crippen LogP contribution in [0.1, 0.15) is 150 Å². The molecular weight excluding hydrogens is 566 g/mol. The molecule has 45 heavy (non-hydrogen) atoms. The van der Waals surface area contributed by atoms with E-state index in [9.17, 15) is 14.4 Å². The van der Waals surface area contributed by atoms with Crippen LogP contribution in [-0.2, 0) is 28.6 Å². The number of unbranched alkanes of at least 4 members (excludes halogenated alkanes) is 8. The van der Waals surface area contributed by atoms with Crippen molar-refractivity contribution in [2.75, 3.05) is 33.9 Å². The van der Waals surface area contributed by atoms with Gasteiger partial charge in [0.05, 0.1) is 0 Å². The standard InChI is InChI=1S/C38H69NO6/c1-8-10-22-28-43-35(40)26-20-16-12-14-18-24-34(45-37(42)30-33(3)31-38(4,5)32-39(6)7)25-19-15-13-17-21-27-36(41)44-29-23-11-9-2/h10-11,22-23,33-34H,8-9,12-21,24-32H2,1-7H3/b22-10-,23-11-. The number of esters is 3. The maximum atomic E-state index is 12.9. The molecule has 0 saturated carbocycles. The Hall–Kier alpha value is -2.15. The minimum Gasteiger partial charge on any atom is -0.462 e. The van der Waals surface area contributed by atoms with Gasteiger partial charge in [0.15, 0.2) is 0 Å². The van der Waals surface area contributed by atoms with E-state index in [1.807, 2.05) is 24.3 Å². The van der Waals surface area contributed by atoms with Crippen LogP contribution in [0.2, 0.25) is 0 Å². The SMILES string of the molecule is CC/C=C\COC(=O)CCCCCCCC(CCCCCCCC(=O)OC/C=C\CC)OC(=O)CC(C)CC(C)(C)CN(C)C. The molecule has 0 radical (unpaired) electrons. The van der Waals surface area contributed by atoms with E-state index in [2.05, 4.69) is 53.6 Å². The molecule has 0 saturated heterocycles. The van der Waals surface area contributed by atoms with Crippen molar-refractivity contribution < 1.29 is 28.6 Å². The molecule has 0 aliphatic carbocycles. The number of ether oxygens (including phenoxy) is 3. The number of carbonyl (C=O) groups excluding carboxylic acids is 3. The topological polar surface area (TPSA) is 82.1 Å². The van der Waals surface area contributed by atoms with E-state index in [1.54, 1.807) is 0 Å². The monoisotopic (exact) mass is 636 g/mol. The number of rotatable bonds is 29. The van der Waals surface area contributed by atoms with E-state index < -0.39 is 0 Å². The maximum absolute atomic E-state index is 12.9. The number of allylic oxidation sites excluding steroid dienone is 2. The molecule has 1 atom stereocenters. The van der Waals surface area contributed by atoms with Crippen LogP contribution in [0, 0.1) is 11.3 Å². The molecular formula is C38H69NO6. The smallest absolute Gasteiger partial charge is 0.306 e. The third-order valence-electron chi connectivity index (χ3n) is 7.76. The van der Waals surface area contributed by atoms with Gasteiger partial charge < -0.3 is 19.1 Å². The molecule has 7 nitrogen and oxygen atoms in total. The number of carbonyl (C=O) groups is 3. The van der Waals surface area contributed by atoms with Gasteiger partial charge >= 0.3 is 17.9 Å². The fraction of sp³-hybridized carbons (Fsp3) is 0.816. The number of hydrogen-bond acceptors (Lipinski definition) is 7. The van der Waals surface area contributed by atoms with Crippen molar-refractivity contribution in [3.05, 3.63) is 24.3 Å². The highest BCUT2D eigenvalue weighted by Gasteiger charge is 2.24. The molecule has 0 bridgehead atoms. The fourth-order valence-electron chi connectivity index (χ4n) is 5.96. The summed E-state index contributed by atoms with van der Waals surface area (Å²) in [5.41, 5.74) is 0.147. The summed E-state index contributed by atoms with van der Waals surface area (Å²) in [6.07, 6.45) is 23.8. The molecule has 7 heteroatoms. The quantitative estimate of drug-likeness (QED) is 0.0350. The summed E-state index contributed by atoms with van der Waals surface area (Å²) in [6.45, 7) is 12.5. The lowest BCUT2D eigenvalue weighted by Gasteiger charge is -2.31. The second kappa shape index (κ2) is 28.1. The molecule has 0 rings (SSSR count). The molecule has 0 spiro atoms. The third kappa shape index (κ3) is 29.0. The van der Waals surface area contributed by atoms with Gasteiger partial charge in [0.2, 0.25) is 0 Å². The van der Waals surface area contributed by atoms with Crippen molar-refractivity contribution in [3.8, 4) is 0 Å². The van der Waals surface area contributed by atoms with Crippen molar-refractivity contribution in [2.24, 2.45) is 11.3 Å². The fourth-order valence-corrected chi connectivity index (χ4v) is 5.96. The van der Waals surface area contributed by atoms with E-state index >= 15 is 0 Å². The van der Waals surface area contributed by atoms with E-state index in [4.69, 9.17) is 14.2 Å². The van der Waals surface area contributed by atoms with Crippen LogP contribution >= 0.6 is 0 Å². The lowest BCUT2D eigenvalue weighted by atomic mass is 9.82. The Balaban J connectivity index is 4.52. The predicted octanol–water partition coefficient (Wildman–Crippen LogP) is 9.38. The van der Waals surface area contributed by atoms with Gasteiger partial charge in [-0.15, -0.1) is 0 Å². The number of hydrogen-bond donors (Lipinski definition) is 0. The summed E-state index contributed by atoms with van der Waals surface area (Å²) < 4.78 is 16.5. The normalized spacial score (nSPS) is 12.8. The minimum absolute atomic E-state index is 0.0446. The van der Waals surface area contributed by atoms with Gasteiger partial charge in [-0.3, -0.25) is 14.4 Å². The van der Waals surface area contributed by atoms with E-state index in [0.717, 1.165) is 103 Å². The first kappa shape index (κ1) is 42.9. The summed E-state index contributed by atoms with van der Waals surface area (Å²) in [5, 5.41) is 0. The Kier molecular flexibility index (Phi) is 26.8. The van der Waals surface area contributed by atoms with Crippen molar-refractivity contribution in [2.45, 2.75) is 156 Å². The van der Waals surface area contributed by atoms with Crippen LogP contribution in [0.15, 0.2) is 24.3 Å². The lowest BCUT2D eigenvalue weighted by molar-refractivity contribution is -0.151. The first-order valence-corrected chi connectivity index (χ1v) is 17.9. The summed E-state index contributed by atoms with van der Waals surface area (Å²) in [4.78, 5) is 38.8. The van der Waals surface area contributed by atoms with Gasteiger partial charge in [0.25, 0.3) is 0 Å². The summed E-state index contributed by atoms with van der Waals surface area (Å²) >= 11 is 0. The number of nitrogens with zero attached hydrogens (tertiary/aromatic N) is 1. The van der Waals surface area contributed by atoms with Crippen LogP contribution in [0.4, 0.5) is 0 Å². The van der Waals surface area contributed by atoms with Crippen molar-refractivity contribution in [1.29, 1.82) is 0 Å². The van der Waals surface area contributed by atoms with Gasteiger partial charge in [-0.1, -0.05) is 97.4 Å². The Bertz CT molecular complexity index is 775. The molecule has 0 fully saturated rings. The largest absolute Gasteiger partial charge is 0.462 e. The molecule has 0 heterocycles. The highest BCUT2D eigenvalue weighted by molar-refractivity contribution is 5.70. The van der Waals surface area contributed by atoms with Crippen molar-refractivity contribution in [3.63, 3.8) is 0 Å². The minimum atomic E-state index is -0.123. The van der Waals surface area contributed by atoms with E-state index in [-0.39, 0.29) is 35.3 Å². The molecule has 0 aromatic rings. The molecule has 0 aliphatic heterocycles. The zero-order valence-corrected chi connectivity index (χ0v) is 30.2. The zero-order valence-electron chi connectivity index (χ0n) is 30.2. The van der Waals surface area contributed by atoms with Crippen LogP contribution in [0.5, 0.6) is 0 Å². The highest BCUT2D eigenvalue weighted by atomic mass is 16.5. The van der Waals surface area contributed by atoms with Crippen molar-refractivity contribution in [1.82, 2.24) is 4.90 Å². The lowest BCUT2D eigenvalue weighted by Crippen LogP contribution is -2.31. The molecule has 0 N–H and O–H groups in total. The molecule has 262 valence electrons. The molecule has 0 aliphatic rings. The van der Waals surface area contributed by atoms with E-state index in [1.165, 1.54) is 0 Å². The van der Waals surface area contributed by atoms with E-state index in [0.29, 0.717) is 32.5 Å². The first-order valence-electron chi connectivity index (χ1n) is 17.9. The maximum Gasteiger partial charge on any atom is 0.306 e. The van der Waals surface area contributed by atoms with Gasteiger partial charge in [0.1, 0.15) is 19.3 Å². The molecule has 1 unspecified atom stereocenters. The van der Waals surface area contributed by atoms with Gasteiger partial charge in [0, 0.05) is 25.8 Å². The third-order valence-corrected chi connectivity index (χ3v) is 7.76. The van der Waals surface area contributed by atoms with Crippen LogP contribution in [0.3, 0.4) is 0 Å². The summed E-state index contributed by atoms with van der Waals surface area (Å²) in [5.74, 6) is -0.0480. The second-order valence-corrected chi connectivity index (χ2v) is 13.8. The van der Waals surface area contributed by atoms with Crippen molar-refractivity contribution >= 4 is 17.9 Å². The summed E-state index contributed by atoms with van der Waals surface area (Å²) in [6, 6.07) is 0. The van der Waals surface area contributed by atoms with Gasteiger partial charge in [-0.05, 0) is 83.2 Å². The predicted molar refractivity (Wildman–Crippen MR) is 186 cm³/mol. The Morgan fingerprint density at radius 1 is 0.667 bits per heavy atom. The Labute approximate surface area is 276 Å². The average Bonchev–Trinajstić information content (AvgIpc) is 2.95. The first-order chi connectivity index (χ1) is 21.5. The Morgan fingerprint density at radius 2 is 1.11 bits per heavy atom. The average molecular weight is 636 g/mol. The molecule has 0 aromatic carbocycles. The summed E-state index contributed by atoms with van der Waals surface area (Å²) in [7, 11) is 4.18. The Morgan fingerprint density at radius 3 is 1.56 bits per heavy atom. The van der Waals surface area contributed by atoms with Gasteiger partial charge in [-0.2, -0.15) is 0 Å². The van der Waals surface area contributed by atoms with Crippen LogP contribution < -0.4 is 0 Å². The second-order valence-electron chi connectivity index (χ2n) is 13.8. The zero-order chi connectivity index (χ0) is 33.8. The van der Waals surface area contributed by atoms with Crippen LogP contribution in [-0.4, -0.2) is 62.8 Å². The van der Waals surface area contributed by atoms with Crippen LogP contribution in [0.25, 0.3) is 0 Å². The molecule has 0 aromatic heterocycles.